The van der Waals surface area contributed by atoms with E-state index in [0.29, 0.717) is 5.56 Å². The maximum atomic E-state index is 11.3. The lowest BCUT2D eigenvalue weighted by molar-refractivity contribution is 0.101. The molecule has 1 aromatic carbocycles. The van der Waals surface area contributed by atoms with E-state index in [2.05, 4.69) is 4.98 Å². The van der Waals surface area contributed by atoms with Crippen LogP contribution < -0.4 is 0 Å². The molecule has 0 spiro atoms. The fourth-order valence-electron chi connectivity index (χ4n) is 1.84. The Morgan fingerprint density at radius 2 is 2.00 bits per heavy atom. The number of carbonyl (C=O) groups excluding carboxylic acids is 1. The maximum Gasteiger partial charge on any atom is 0.163 e. The molecule has 0 bridgehead atoms. The molecule has 0 aliphatic rings. The smallest absolute Gasteiger partial charge is 0.163 e. The SMILES string of the molecule is CC(=O)c1ccc2[nH]c(C)c(C)c2c1O. The number of H-pyrrole nitrogens is 1. The molecule has 0 aliphatic heterocycles. The predicted molar refractivity (Wildman–Crippen MR) is 59.4 cm³/mol. The zero-order chi connectivity index (χ0) is 11.2. The summed E-state index contributed by atoms with van der Waals surface area (Å²) in [5.41, 5.74) is 3.25. The molecule has 3 heteroatoms. The number of aryl methyl sites for hydroxylation is 2. The molecule has 78 valence electrons. The summed E-state index contributed by atoms with van der Waals surface area (Å²) in [5.74, 6) is -0.0329. The Bertz CT molecular complexity index is 552. The number of carbonyl (C=O) groups is 1. The van der Waals surface area contributed by atoms with Gasteiger partial charge in [-0.3, -0.25) is 4.79 Å². The Balaban J connectivity index is 2.88. The normalized spacial score (nSPS) is 10.9. The molecule has 0 saturated carbocycles. The molecule has 2 rings (SSSR count). The van der Waals surface area contributed by atoms with E-state index in [4.69, 9.17) is 0 Å². The standard InChI is InChI=1S/C12H13NO2/c1-6-7(2)13-10-5-4-9(8(3)14)12(15)11(6)10/h4-5,13,15H,1-3H3. The van der Waals surface area contributed by atoms with Crippen molar-refractivity contribution in [2.24, 2.45) is 0 Å². The molecule has 1 heterocycles. The number of fused-ring (bicyclic) bond motifs is 1. The van der Waals surface area contributed by atoms with E-state index in [0.717, 1.165) is 22.2 Å². The monoisotopic (exact) mass is 203 g/mol. The highest BCUT2D eigenvalue weighted by Gasteiger charge is 2.14. The molecule has 0 fully saturated rings. The van der Waals surface area contributed by atoms with Gasteiger partial charge in [-0.1, -0.05) is 0 Å². The minimum atomic E-state index is -0.118. The molecule has 0 unspecified atom stereocenters. The molecule has 2 aromatic rings. The lowest BCUT2D eigenvalue weighted by Crippen LogP contribution is -1.92. The van der Waals surface area contributed by atoms with Crippen molar-refractivity contribution in [2.75, 3.05) is 0 Å². The molecule has 0 saturated heterocycles. The molecule has 15 heavy (non-hydrogen) atoms. The number of ketones is 1. The van der Waals surface area contributed by atoms with Gasteiger partial charge < -0.3 is 10.1 Å². The fraction of sp³-hybridized carbons (Fsp3) is 0.250. The topological polar surface area (TPSA) is 53.1 Å². The fourth-order valence-corrected chi connectivity index (χ4v) is 1.84. The summed E-state index contributed by atoms with van der Waals surface area (Å²) in [6, 6.07) is 3.47. The van der Waals surface area contributed by atoms with Crippen LogP contribution in [0.1, 0.15) is 28.5 Å². The molecule has 0 radical (unpaired) electrons. The summed E-state index contributed by atoms with van der Waals surface area (Å²) in [6.07, 6.45) is 0. The lowest BCUT2D eigenvalue weighted by Gasteiger charge is -2.02. The average molecular weight is 203 g/mol. The van der Waals surface area contributed by atoms with Crippen molar-refractivity contribution in [1.29, 1.82) is 0 Å². The van der Waals surface area contributed by atoms with E-state index < -0.39 is 0 Å². The third-order valence-electron chi connectivity index (χ3n) is 2.82. The number of Topliss-reactive ketones (excluding diaryl/α,β-unsaturated/α-hetero) is 1. The summed E-state index contributed by atoms with van der Waals surface area (Å²) in [5, 5.41) is 10.7. The van der Waals surface area contributed by atoms with Crippen molar-refractivity contribution in [3.05, 3.63) is 29.0 Å². The average Bonchev–Trinajstić information content (AvgIpc) is 2.43. The Labute approximate surface area is 87.7 Å². The van der Waals surface area contributed by atoms with Gasteiger partial charge in [0.2, 0.25) is 0 Å². The molecular weight excluding hydrogens is 190 g/mol. The van der Waals surface area contributed by atoms with Crippen LogP contribution in [-0.2, 0) is 0 Å². The first-order valence-corrected chi connectivity index (χ1v) is 4.84. The summed E-state index contributed by atoms with van der Waals surface area (Å²) in [4.78, 5) is 14.4. The van der Waals surface area contributed by atoms with Crippen molar-refractivity contribution in [3.63, 3.8) is 0 Å². The van der Waals surface area contributed by atoms with Crippen LogP contribution in [-0.4, -0.2) is 15.9 Å². The summed E-state index contributed by atoms with van der Waals surface area (Å²) in [7, 11) is 0. The first kappa shape index (κ1) is 9.77. The highest BCUT2D eigenvalue weighted by Crippen LogP contribution is 2.32. The number of benzene rings is 1. The molecule has 3 nitrogen and oxygen atoms in total. The highest BCUT2D eigenvalue weighted by atomic mass is 16.3. The highest BCUT2D eigenvalue weighted by molar-refractivity contribution is 6.04. The number of rotatable bonds is 1. The van der Waals surface area contributed by atoms with E-state index in [1.807, 2.05) is 19.9 Å². The number of nitrogens with one attached hydrogen (secondary N) is 1. The Hall–Kier alpha value is -1.77. The molecule has 0 amide bonds. The van der Waals surface area contributed by atoms with Crippen molar-refractivity contribution in [1.82, 2.24) is 4.98 Å². The van der Waals surface area contributed by atoms with Crippen LogP contribution in [0.15, 0.2) is 12.1 Å². The zero-order valence-corrected chi connectivity index (χ0v) is 9.01. The minimum Gasteiger partial charge on any atom is -0.506 e. The van der Waals surface area contributed by atoms with Crippen LogP contribution in [0.4, 0.5) is 0 Å². The number of hydrogen-bond donors (Lipinski definition) is 2. The predicted octanol–water partition coefficient (Wildman–Crippen LogP) is 2.69. The summed E-state index contributed by atoms with van der Waals surface area (Å²) in [6.45, 7) is 5.33. The van der Waals surface area contributed by atoms with Gasteiger partial charge in [0.1, 0.15) is 5.75 Å². The summed E-state index contributed by atoms with van der Waals surface area (Å²) >= 11 is 0. The van der Waals surface area contributed by atoms with Crippen molar-refractivity contribution >= 4 is 16.7 Å². The second-order valence-electron chi connectivity index (χ2n) is 3.82. The van der Waals surface area contributed by atoms with Crippen LogP contribution in [0, 0.1) is 13.8 Å². The first-order valence-electron chi connectivity index (χ1n) is 4.84. The van der Waals surface area contributed by atoms with Crippen LogP contribution >= 0.6 is 0 Å². The molecule has 0 aliphatic carbocycles. The minimum absolute atomic E-state index is 0.0850. The van der Waals surface area contributed by atoms with Crippen molar-refractivity contribution in [3.8, 4) is 5.75 Å². The third kappa shape index (κ3) is 1.31. The van der Waals surface area contributed by atoms with E-state index in [9.17, 15) is 9.90 Å². The number of aromatic amines is 1. The Morgan fingerprint density at radius 3 is 2.60 bits per heavy atom. The number of aromatic hydroxyl groups is 1. The summed E-state index contributed by atoms with van der Waals surface area (Å²) < 4.78 is 0. The van der Waals surface area contributed by atoms with Gasteiger partial charge in [0.25, 0.3) is 0 Å². The van der Waals surface area contributed by atoms with Crippen LogP contribution in [0.3, 0.4) is 0 Å². The quantitative estimate of drug-likeness (QED) is 0.700. The van der Waals surface area contributed by atoms with E-state index in [-0.39, 0.29) is 11.5 Å². The second kappa shape index (κ2) is 3.12. The lowest BCUT2D eigenvalue weighted by atomic mass is 10.0. The third-order valence-corrected chi connectivity index (χ3v) is 2.82. The largest absolute Gasteiger partial charge is 0.506 e. The molecule has 0 atom stereocenters. The van der Waals surface area contributed by atoms with Gasteiger partial charge in [0.15, 0.2) is 5.78 Å². The van der Waals surface area contributed by atoms with Gasteiger partial charge >= 0.3 is 0 Å². The van der Waals surface area contributed by atoms with Crippen LogP contribution in [0.5, 0.6) is 5.75 Å². The molecule has 2 N–H and O–H groups in total. The van der Waals surface area contributed by atoms with E-state index in [1.54, 1.807) is 6.07 Å². The molecular formula is C12H13NO2. The Kier molecular flexibility index (Phi) is 2.03. The van der Waals surface area contributed by atoms with Gasteiger partial charge in [-0.25, -0.2) is 0 Å². The molecule has 1 aromatic heterocycles. The van der Waals surface area contributed by atoms with Gasteiger partial charge in [0, 0.05) is 16.6 Å². The van der Waals surface area contributed by atoms with Gasteiger partial charge in [-0.05, 0) is 38.5 Å². The maximum absolute atomic E-state index is 11.3. The van der Waals surface area contributed by atoms with Gasteiger partial charge in [-0.15, -0.1) is 0 Å². The Morgan fingerprint density at radius 1 is 1.33 bits per heavy atom. The zero-order valence-electron chi connectivity index (χ0n) is 9.01. The van der Waals surface area contributed by atoms with Crippen LogP contribution in [0.2, 0.25) is 0 Å². The number of phenolic OH excluding ortho intramolecular Hbond substituents is 1. The number of phenols is 1. The van der Waals surface area contributed by atoms with Crippen molar-refractivity contribution in [2.45, 2.75) is 20.8 Å². The van der Waals surface area contributed by atoms with E-state index >= 15 is 0 Å². The second-order valence-corrected chi connectivity index (χ2v) is 3.82. The van der Waals surface area contributed by atoms with Gasteiger partial charge in [-0.2, -0.15) is 0 Å². The van der Waals surface area contributed by atoms with E-state index in [1.165, 1.54) is 6.92 Å². The van der Waals surface area contributed by atoms with Crippen LogP contribution in [0.25, 0.3) is 10.9 Å². The first-order chi connectivity index (χ1) is 7.02. The van der Waals surface area contributed by atoms with Gasteiger partial charge in [0.05, 0.1) is 5.56 Å². The number of aromatic nitrogens is 1. The number of hydrogen-bond acceptors (Lipinski definition) is 2. The van der Waals surface area contributed by atoms with Crippen molar-refractivity contribution < 1.29 is 9.90 Å².